The lowest BCUT2D eigenvalue weighted by Gasteiger charge is -2.29. The summed E-state index contributed by atoms with van der Waals surface area (Å²) in [4.78, 5) is 4.79. The van der Waals surface area contributed by atoms with Crippen molar-refractivity contribution in [2.75, 3.05) is 9.80 Å². The van der Waals surface area contributed by atoms with Crippen molar-refractivity contribution in [2.45, 2.75) is 39.8 Å². The van der Waals surface area contributed by atoms with Crippen LogP contribution in [0.15, 0.2) is 72.1 Å². The summed E-state index contributed by atoms with van der Waals surface area (Å²) in [5.41, 5.74) is 3.72. The molecule has 1 heterocycles. The Labute approximate surface area is 155 Å². The Balaban J connectivity index is 1.97. The second-order valence-electron chi connectivity index (χ2n) is 6.74. The van der Waals surface area contributed by atoms with Crippen molar-refractivity contribution >= 4 is 33.4 Å². The van der Waals surface area contributed by atoms with Crippen molar-refractivity contribution in [3.8, 4) is 0 Å². The Morgan fingerprint density at radius 3 is 1.60 bits per heavy atom. The summed E-state index contributed by atoms with van der Waals surface area (Å²) in [6.07, 6.45) is 0. The summed E-state index contributed by atoms with van der Waals surface area (Å²) in [6.45, 7) is 8.96. The van der Waals surface area contributed by atoms with Crippen molar-refractivity contribution in [3.05, 3.63) is 72.1 Å². The highest BCUT2D eigenvalue weighted by Gasteiger charge is 2.19. The average Bonchev–Trinajstić information content (AvgIpc) is 3.05. The van der Waals surface area contributed by atoms with Crippen LogP contribution < -0.4 is 9.80 Å². The summed E-state index contributed by atoms with van der Waals surface area (Å²) < 4.78 is 0. The maximum Gasteiger partial charge on any atom is 0.0977 e. The molecule has 0 N–H and O–H groups in total. The monoisotopic (exact) mass is 350 g/mol. The van der Waals surface area contributed by atoms with Gasteiger partial charge in [0.15, 0.2) is 0 Å². The fourth-order valence-electron chi connectivity index (χ4n) is 3.17. The number of benzene rings is 2. The predicted molar refractivity (Wildman–Crippen MR) is 112 cm³/mol. The van der Waals surface area contributed by atoms with E-state index in [0.29, 0.717) is 12.1 Å². The van der Waals surface area contributed by atoms with Gasteiger partial charge in [0, 0.05) is 28.8 Å². The quantitative estimate of drug-likeness (QED) is 0.480. The molecule has 1 aromatic heterocycles. The molecule has 0 amide bonds. The van der Waals surface area contributed by atoms with Gasteiger partial charge in [-0.1, -0.05) is 36.4 Å². The third-order valence-electron chi connectivity index (χ3n) is 4.19. The molecule has 3 heteroatoms. The predicted octanol–water partition coefficient (Wildman–Crippen LogP) is 6.84. The standard InChI is InChI=1S/C22H26N2S/c1-17(2)23(19-11-7-5-8-12-19)21-15-22(25-16-21)24(18(3)4)20-13-9-6-10-14-20/h5-18H,1-4H3. The van der Waals surface area contributed by atoms with Gasteiger partial charge in [0.25, 0.3) is 0 Å². The van der Waals surface area contributed by atoms with E-state index in [1.54, 1.807) is 11.3 Å². The van der Waals surface area contributed by atoms with Crippen molar-refractivity contribution in [2.24, 2.45) is 0 Å². The number of thiophene rings is 1. The largest absolute Gasteiger partial charge is 0.338 e. The molecule has 3 aromatic rings. The number of anilines is 4. The molecule has 0 unspecified atom stereocenters. The molecule has 0 aliphatic carbocycles. The molecule has 0 saturated carbocycles. The van der Waals surface area contributed by atoms with Gasteiger partial charge in [-0.3, -0.25) is 0 Å². The highest BCUT2D eigenvalue weighted by molar-refractivity contribution is 7.14. The van der Waals surface area contributed by atoms with Crippen LogP contribution in [-0.4, -0.2) is 12.1 Å². The highest BCUT2D eigenvalue weighted by atomic mass is 32.1. The fourth-order valence-corrected chi connectivity index (χ4v) is 4.21. The molecule has 0 fully saturated rings. The molecule has 130 valence electrons. The molecule has 0 atom stereocenters. The first-order valence-corrected chi connectivity index (χ1v) is 9.73. The van der Waals surface area contributed by atoms with Gasteiger partial charge < -0.3 is 9.80 Å². The van der Waals surface area contributed by atoms with Gasteiger partial charge in [0.2, 0.25) is 0 Å². The van der Waals surface area contributed by atoms with Crippen LogP contribution in [0.2, 0.25) is 0 Å². The Bertz CT molecular complexity index is 712. The van der Waals surface area contributed by atoms with E-state index in [2.05, 4.69) is 110 Å². The summed E-state index contributed by atoms with van der Waals surface area (Å²) in [5, 5.41) is 3.54. The van der Waals surface area contributed by atoms with Crippen LogP contribution in [0.3, 0.4) is 0 Å². The number of hydrogen-bond acceptors (Lipinski definition) is 3. The summed E-state index contributed by atoms with van der Waals surface area (Å²) in [6, 6.07) is 24.3. The van der Waals surface area contributed by atoms with Crippen molar-refractivity contribution in [3.63, 3.8) is 0 Å². The van der Waals surface area contributed by atoms with E-state index in [4.69, 9.17) is 0 Å². The van der Waals surface area contributed by atoms with Crippen LogP contribution in [0.25, 0.3) is 0 Å². The average molecular weight is 351 g/mol. The first-order valence-electron chi connectivity index (χ1n) is 8.85. The minimum absolute atomic E-state index is 0.397. The number of nitrogens with zero attached hydrogens (tertiary/aromatic N) is 2. The van der Waals surface area contributed by atoms with E-state index < -0.39 is 0 Å². The summed E-state index contributed by atoms with van der Waals surface area (Å²) in [5.74, 6) is 0. The van der Waals surface area contributed by atoms with E-state index in [9.17, 15) is 0 Å². The van der Waals surface area contributed by atoms with Crippen LogP contribution in [0, 0.1) is 0 Å². The first-order chi connectivity index (χ1) is 12.1. The highest BCUT2D eigenvalue weighted by Crippen LogP contribution is 2.39. The van der Waals surface area contributed by atoms with Gasteiger partial charge in [0.05, 0.1) is 10.7 Å². The van der Waals surface area contributed by atoms with E-state index >= 15 is 0 Å². The smallest absolute Gasteiger partial charge is 0.0977 e. The summed E-state index contributed by atoms with van der Waals surface area (Å²) in [7, 11) is 0. The van der Waals surface area contributed by atoms with Gasteiger partial charge >= 0.3 is 0 Å². The molecule has 3 rings (SSSR count). The molecule has 2 nitrogen and oxygen atoms in total. The van der Waals surface area contributed by atoms with Gasteiger partial charge in [-0.15, -0.1) is 11.3 Å². The minimum Gasteiger partial charge on any atom is -0.338 e. The van der Waals surface area contributed by atoms with Crippen LogP contribution in [0.1, 0.15) is 27.7 Å². The number of hydrogen-bond donors (Lipinski definition) is 0. The number of rotatable bonds is 6. The van der Waals surface area contributed by atoms with Gasteiger partial charge in [-0.2, -0.15) is 0 Å². The Kier molecular flexibility index (Phi) is 5.44. The molecule has 0 bridgehead atoms. The lowest BCUT2D eigenvalue weighted by atomic mass is 10.2. The number of para-hydroxylation sites is 2. The minimum atomic E-state index is 0.397. The Morgan fingerprint density at radius 2 is 1.12 bits per heavy atom. The van der Waals surface area contributed by atoms with Crippen LogP contribution >= 0.6 is 11.3 Å². The molecule has 0 spiro atoms. The molecule has 0 saturated heterocycles. The van der Waals surface area contributed by atoms with Crippen LogP contribution in [0.4, 0.5) is 22.1 Å². The second kappa shape index (κ2) is 7.75. The van der Waals surface area contributed by atoms with E-state index in [0.717, 1.165) is 0 Å². The maximum absolute atomic E-state index is 2.40. The van der Waals surface area contributed by atoms with Crippen molar-refractivity contribution in [1.82, 2.24) is 0 Å². The van der Waals surface area contributed by atoms with Crippen LogP contribution in [-0.2, 0) is 0 Å². The lowest BCUT2D eigenvalue weighted by molar-refractivity contribution is 0.786. The third-order valence-corrected chi connectivity index (χ3v) is 5.10. The van der Waals surface area contributed by atoms with Crippen molar-refractivity contribution < 1.29 is 0 Å². The third kappa shape index (κ3) is 3.88. The zero-order chi connectivity index (χ0) is 17.8. The normalized spacial score (nSPS) is 11.1. The molecule has 0 radical (unpaired) electrons. The summed E-state index contributed by atoms with van der Waals surface area (Å²) >= 11 is 1.81. The van der Waals surface area contributed by atoms with E-state index in [1.165, 1.54) is 22.1 Å². The second-order valence-corrected chi connectivity index (χ2v) is 7.63. The fraction of sp³-hybridized carbons (Fsp3) is 0.273. The molecule has 0 aliphatic rings. The van der Waals surface area contributed by atoms with Gasteiger partial charge in [0.1, 0.15) is 0 Å². The topological polar surface area (TPSA) is 6.48 Å². The first kappa shape index (κ1) is 17.6. The van der Waals surface area contributed by atoms with E-state index in [1.807, 2.05) is 0 Å². The van der Waals surface area contributed by atoms with Gasteiger partial charge in [-0.25, -0.2) is 0 Å². The SMILES string of the molecule is CC(C)N(c1ccccc1)c1csc(N(c2ccccc2)C(C)C)c1. The lowest BCUT2D eigenvalue weighted by Crippen LogP contribution is -2.26. The molecular weight excluding hydrogens is 324 g/mol. The maximum atomic E-state index is 2.40. The zero-order valence-corrected chi connectivity index (χ0v) is 16.2. The van der Waals surface area contributed by atoms with Crippen molar-refractivity contribution in [1.29, 1.82) is 0 Å². The Hall–Kier alpha value is -2.26. The molecule has 0 aliphatic heterocycles. The van der Waals surface area contributed by atoms with Crippen LogP contribution in [0.5, 0.6) is 0 Å². The molecule has 2 aromatic carbocycles. The molecule has 25 heavy (non-hydrogen) atoms. The Morgan fingerprint density at radius 1 is 0.640 bits per heavy atom. The molecular formula is C22H26N2S. The van der Waals surface area contributed by atoms with E-state index in [-0.39, 0.29) is 0 Å². The zero-order valence-electron chi connectivity index (χ0n) is 15.4. The van der Waals surface area contributed by atoms with Gasteiger partial charge in [-0.05, 0) is 58.0 Å².